The number of hydrogen-bond donors (Lipinski definition) is 9. The molecule has 0 aromatic carbocycles. The summed E-state index contributed by atoms with van der Waals surface area (Å²) < 4.78 is 34.6. The molecule has 0 bridgehead atoms. The number of ether oxygens (including phenoxy) is 6. The predicted octanol–water partition coefficient (Wildman–Crippen LogP) is -5.21. The normalized spacial score (nSPS) is 42.8. The van der Waals surface area contributed by atoms with Crippen molar-refractivity contribution < 1.29 is 73.4 Å². The zero-order chi connectivity index (χ0) is 32.9. The van der Waals surface area contributed by atoms with E-state index in [0.717, 1.165) is 6.92 Å². The SMILES string of the molecule is CO[C@@H]1O[C@@H](CO)[C@@H](OC2OC(CO)C(O[C@@H]3O[C@@H](CO)[C@@H](C)C(O)C3NC(C)=O)[C@H](O)C2NC(C)=O)C(O)C1NC(C)=O. The predicted molar refractivity (Wildman–Crippen MR) is 144 cm³/mol. The van der Waals surface area contributed by atoms with Crippen molar-refractivity contribution in [3.63, 3.8) is 0 Å². The van der Waals surface area contributed by atoms with Crippen LogP contribution in [0.4, 0.5) is 0 Å². The molecule has 0 aromatic rings. The number of carbonyl (C=O) groups excluding carboxylic acids is 3. The van der Waals surface area contributed by atoms with Crippen LogP contribution in [0, 0.1) is 5.92 Å². The average molecular weight is 640 g/mol. The van der Waals surface area contributed by atoms with Crippen molar-refractivity contribution in [1.29, 1.82) is 0 Å². The van der Waals surface area contributed by atoms with Gasteiger partial charge in [0.1, 0.15) is 54.7 Å². The maximum Gasteiger partial charge on any atom is 0.217 e. The van der Waals surface area contributed by atoms with Gasteiger partial charge in [0.2, 0.25) is 17.7 Å². The highest BCUT2D eigenvalue weighted by Gasteiger charge is 2.54. The Morgan fingerprint density at radius 2 is 0.955 bits per heavy atom. The maximum atomic E-state index is 12.2. The first kappa shape index (κ1) is 36.4. The summed E-state index contributed by atoms with van der Waals surface area (Å²) in [7, 11) is 1.27. The fourth-order valence-electron chi connectivity index (χ4n) is 5.68. The van der Waals surface area contributed by atoms with E-state index in [4.69, 9.17) is 28.4 Å². The maximum absolute atomic E-state index is 12.2. The number of aliphatic hydroxyl groups excluding tert-OH is 6. The molecular formula is C26H45N3O15. The molecule has 9 N–H and O–H groups in total. The molecule has 3 rings (SSSR count). The highest BCUT2D eigenvalue weighted by atomic mass is 16.7. The first-order valence-electron chi connectivity index (χ1n) is 14.3. The molecule has 0 saturated carbocycles. The quantitative estimate of drug-likeness (QED) is 0.102. The van der Waals surface area contributed by atoms with E-state index in [9.17, 15) is 45.0 Å². The molecule has 0 radical (unpaired) electrons. The standard InChI is InChI=1S/C26H45N3O15/c1-9-13(6-30)40-25(16(19(9)36)27-10(2)33)43-23-15(8-32)42-26(18(21(23)38)29-12(4)35)44-22-14(7-31)41-24(39-5)17(20(22)37)28-11(3)34/h9,13-26,30-32,36-38H,6-8H2,1-5H3,(H,27,33)(H,28,34)(H,29,35)/t9-,13+,14+,15?,16?,17?,18?,19?,20?,21-,22-,23?,24-,25+,26?/m1/s1. The highest BCUT2D eigenvalue weighted by molar-refractivity contribution is 5.74. The Morgan fingerprint density at radius 3 is 1.32 bits per heavy atom. The third-order valence-electron chi connectivity index (χ3n) is 7.91. The van der Waals surface area contributed by atoms with E-state index in [0.29, 0.717) is 0 Å². The first-order valence-corrected chi connectivity index (χ1v) is 14.3. The van der Waals surface area contributed by atoms with Gasteiger partial charge in [-0.25, -0.2) is 0 Å². The Kier molecular flexibility index (Phi) is 13.2. The number of carbonyl (C=O) groups is 3. The van der Waals surface area contributed by atoms with E-state index < -0.39 is 129 Å². The van der Waals surface area contributed by atoms with E-state index in [1.54, 1.807) is 6.92 Å². The van der Waals surface area contributed by atoms with Gasteiger partial charge >= 0.3 is 0 Å². The second-order valence-corrected chi connectivity index (χ2v) is 11.1. The number of hydrogen-bond acceptors (Lipinski definition) is 15. The molecule has 3 aliphatic heterocycles. The molecule has 0 aliphatic carbocycles. The molecule has 18 heteroatoms. The van der Waals surface area contributed by atoms with Crippen LogP contribution in [0.5, 0.6) is 0 Å². The lowest BCUT2D eigenvalue weighted by molar-refractivity contribution is -0.350. The third kappa shape index (κ3) is 8.20. The molecule has 3 saturated heterocycles. The van der Waals surface area contributed by atoms with E-state index in [1.807, 2.05) is 0 Å². The second kappa shape index (κ2) is 16.0. The Morgan fingerprint density at radius 1 is 0.614 bits per heavy atom. The van der Waals surface area contributed by atoms with E-state index >= 15 is 0 Å². The van der Waals surface area contributed by atoms with Crippen molar-refractivity contribution in [2.24, 2.45) is 5.92 Å². The van der Waals surface area contributed by atoms with Crippen molar-refractivity contribution in [2.45, 2.75) is 114 Å². The molecule has 3 fully saturated rings. The average Bonchev–Trinajstić information content (AvgIpc) is 2.97. The fourth-order valence-corrected chi connectivity index (χ4v) is 5.68. The van der Waals surface area contributed by atoms with E-state index in [1.165, 1.54) is 21.0 Å². The second-order valence-electron chi connectivity index (χ2n) is 11.1. The number of amides is 3. The lowest BCUT2D eigenvalue weighted by Crippen LogP contribution is -2.70. The fraction of sp³-hybridized carbons (Fsp3) is 0.885. The van der Waals surface area contributed by atoms with Crippen LogP contribution in [-0.4, -0.2) is 161 Å². The third-order valence-corrected chi connectivity index (χ3v) is 7.91. The van der Waals surface area contributed by atoms with E-state index in [-0.39, 0.29) is 0 Å². The summed E-state index contributed by atoms with van der Waals surface area (Å²) in [6.45, 7) is 3.26. The van der Waals surface area contributed by atoms with Crippen molar-refractivity contribution in [1.82, 2.24) is 16.0 Å². The summed E-state index contributed by atoms with van der Waals surface area (Å²) in [6.07, 6.45) is -15.0. The summed E-state index contributed by atoms with van der Waals surface area (Å²) >= 11 is 0. The van der Waals surface area contributed by atoms with E-state index in [2.05, 4.69) is 16.0 Å². The molecule has 15 atom stereocenters. The minimum Gasteiger partial charge on any atom is -0.394 e. The monoisotopic (exact) mass is 639 g/mol. The zero-order valence-corrected chi connectivity index (χ0v) is 25.1. The number of rotatable bonds is 11. The summed E-state index contributed by atoms with van der Waals surface area (Å²) in [5, 5.41) is 71.0. The molecule has 8 unspecified atom stereocenters. The van der Waals surface area contributed by atoms with Gasteiger partial charge in [0.05, 0.1) is 32.0 Å². The Balaban J connectivity index is 1.90. The van der Waals surface area contributed by atoms with Crippen molar-refractivity contribution >= 4 is 17.7 Å². The minimum absolute atomic E-state index is 0.496. The lowest BCUT2D eigenvalue weighted by atomic mass is 9.89. The summed E-state index contributed by atoms with van der Waals surface area (Å²) in [5.41, 5.74) is 0. The largest absolute Gasteiger partial charge is 0.394 e. The van der Waals surface area contributed by atoms with Gasteiger partial charge in [0, 0.05) is 33.8 Å². The Hall–Kier alpha value is -2.07. The van der Waals surface area contributed by atoms with Gasteiger partial charge in [-0.15, -0.1) is 0 Å². The van der Waals surface area contributed by atoms with Crippen LogP contribution in [-0.2, 0) is 42.8 Å². The van der Waals surface area contributed by atoms with Crippen molar-refractivity contribution in [2.75, 3.05) is 26.9 Å². The molecular weight excluding hydrogens is 594 g/mol. The van der Waals surface area contributed by atoms with Crippen molar-refractivity contribution in [3.05, 3.63) is 0 Å². The number of aliphatic hydroxyl groups is 6. The van der Waals surface area contributed by atoms with Crippen LogP contribution < -0.4 is 16.0 Å². The van der Waals surface area contributed by atoms with Gasteiger partial charge in [0.25, 0.3) is 0 Å². The zero-order valence-electron chi connectivity index (χ0n) is 25.1. The number of nitrogens with one attached hydrogen (secondary N) is 3. The van der Waals surface area contributed by atoms with Crippen LogP contribution in [0.25, 0.3) is 0 Å². The minimum atomic E-state index is -1.69. The highest BCUT2D eigenvalue weighted by Crippen LogP contribution is 2.33. The Labute approximate surface area is 253 Å². The summed E-state index contributed by atoms with van der Waals surface area (Å²) in [4.78, 5) is 35.9. The van der Waals surface area contributed by atoms with Crippen LogP contribution in [0.1, 0.15) is 27.7 Å². The van der Waals surface area contributed by atoms with Gasteiger partial charge < -0.3 is 75.0 Å². The molecule has 44 heavy (non-hydrogen) atoms. The van der Waals surface area contributed by atoms with Crippen LogP contribution in [0.15, 0.2) is 0 Å². The first-order chi connectivity index (χ1) is 20.8. The summed E-state index contributed by atoms with van der Waals surface area (Å²) in [6, 6.07) is -3.71. The number of methoxy groups -OCH3 is 1. The smallest absolute Gasteiger partial charge is 0.217 e. The van der Waals surface area contributed by atoms with Gasteiger partial charge in [-0.1, -0.05) is 6.92 Å². The molecule has 0 spiro atoms. The van der Waals surface area contributed by atoms with Crippen LogP contribution in [0.3, 0.4) is 0 Å². The van der Waals surface area contributed by atoms with Gasteiger partial charge in [-0.3, -0.25) is 14.4 Å². The molecule has 3 heterocycles. The van der Waals surface area contributed by atoms with Crippen LogP contribution >= 0.6 is 0 Å². The lowest BCUT2D eigenvalue weighted by Gasteiger charge is -2.50. The molecule has 18 nitrogen and oxygen atoms in total. The molecule has 254 valence electrons. The van der Waals surface area contributed by atoms with Crippen LogP contribution in [0.2, 0.25) is 0 Å². The molecule has 3 aliphatic rings. The van der Waals surface area contributed by atoms with Gasteiger partial charge in [0.15, 0.2) is 18.9 Å². The molecule has 0 aromatic heterocycles. The Bertz CT molecular complexity index is 977. The van der Waals surface area contributed by atoms with Gasteiger partial charge in [-0.2, -0.15) is 0 Å². The van der Waals surface area contributed by atoms with Crippen molar-refractivity contribution in [3.8, 4) is 0 Å². The van der Waals surface area contributed by atoms with Gasteiger partial charge in [-0.05, 0) is 0 Å². The summed E-state index contributed by atoms with van der Waals surface area (Å²) in [5.74, 6) is -2.29. The molecule has 3 amide bonds. The topological polar surface area (TPSA) is 264 Å².